The first-order valence-electron chi connectivity index (χ1n) is 11.5. The molecule has 1 fully saturated rings. The molecule has 11 heteroatoms. The standard InChI is InChI=1S/C23H35N5O6/c24-11-5-4-9-17(26-20(30)16(25)13-15-7-2-1-3-8-15)22(32)28-12-6-10-19(28)21(31)27-18(14-29)23(33)34/h1-3,7-8,16-19,29H,4-6,9-14,24-25H2,(H,26,30)(H,27,31)(H,33,34). The highest BCUT2D eigenvalue weighted by Gasteiger charge is 2.38. The largest absolute Gasteiger partial charge is 0.480 e. The normalized spacial score (nSPS) is 18.1. The summed E-state index contributed by atoms with van der Waals surface area (Å²) in [6.07, 6.45) is 2.81. The number of carboxylic acid groups (broad SMARTS) is 1. The zero-order valence-electron chi connectivity index (χ0n) is 19.2. The number of carboxylic acids is 1. The van der Waals surface area contributed by atoms with Gasteiger partial charge >= 0.3 is 5.97 Å². The first-order chi connectivity index (χ1) is 16.3. The third kappa shape index (κ3) is 7.79. The monoisotopic (exact) mass is 477 g/mol. The van der Waals surface area contributed by atoms with Gasteiger partial charge in [0.2, 0.25) is 17.7 Å². The fraction of sp³-hybridized carbons (Fsp3) is 0.565. The topological polar surface area (TPSA) is 188 Å². The second kappa shape index (κ2) is 13.6. The van der Waals surface area contributed by atoms with Gasteiger partial charge in [-0.15, -0.1) is 0 Å². The first-order valence-corrected chi connectivity index (χ1v) is 11.5. The molecule has 0 bridgehead atoms. The Balaban J connectivity index is 2.09. The number of benzene rings is 1. The number of carbonyl (C=O) groups excluding carboxylic acids is 3. The highest BCUT2D eigenvalue weighted by molar-refractivity contribution is 5.94. The van der Waals surface area contributed by atoms with E-state index in [9.17, 15) is 24.3 Å². The predicted molar refractivity (Wildman–Crippen MR) is 124 cm³/mol. The number of amides is 3. The van der Waals surface area contributed by atoms with Crippen LogP contribution in [0.1, 0.15) is 37.7 Å². The molecule has 1 aromatic rings. The molecule has 2 rings (SSSR count). The summed E-state index contributed by atoms with van der Waals surface area (Å²) in [5, 5.41) is 23.3. The summed E-state index contributed by atoms with van der Waals surface area (Å²) in [4.78, 5) is 51.3. The van der Waals surface area contributed by atoms with Gasteiger partial charge in [-0.25, -0.2) is 4.79 Å². The van der Waals surface area contributed by atoms with Crippen molar-refractivity contribution in [2.75, 3.05) is 19.7 Å². The van der Waals surface area contributed by atoms with Crippen LogP contribution in [-0.4, -0.2) is 82.7 Å². The van der Waals surface area contributed by atoms with Gasteiger partial charge in [0.25, 0.3) is 0 Å². The summed E-state index contributed by atoms with van der Waals surface area (Å²) in [6.45, 7) is -0.0270. The van der Waals surface area contributed by atoms with Crippen LogP contribution in [-0.2, 0) is 25.6 Å². The van der Waals surface area contributed by atoms with Crippen LogP contribution in [0.4, 0.5) is 0 Å². The Labute approximate surface area is 198 Å². The zero-order valence-corrected chi connectivity index (χ0v) is 19.2. The molecule has 3 amide bonds. The van der Waals surface area contributed by atoms with Crippen LogP contribution in [0.5, 0.6) is 0 Å². The number of likely N-dealkylation sites (tertiary alicyclic amines) is 1. The third-order valence-corrected chi connectivity index (χ3v) is 5.83. The number of aliphatic carboxylic acids is 1. The van der Waals surface area contributed by atoms with E-state index in [-0.39, 0.29) is 0 Å². The Hall–Kier alpha value is -3.02. The lowest BCUT2D eigenvalue weighted by Gasteiger charge is -2.30. The van der Waals surface area contributed by atoms with E-state index in [1.807, 2.05) is 30.3 Å². The van der Waals surface area contributed by atoms with Crippen molar-refractivity contribution < 1.29 is 29.4 Å². The van der Waals surface area contributed by atoms with Crippen LogP contribution in [0, 0.1) is 0 Å². The first kappa shape index (κ1) is 27.2. The van der Waals surface area contributed by atoms with Gasteiger partial charge < -0.3 is 37.2 Å². The predicted octanol–water partition coefficient (Wildman–Crippen LogP) is -1.28. The molecular weight excluding hydrogens is 442 g/mol. The third-order valence-electron chi connectivity index (χ3n) is 5.83. The van der Waals surface area contributed by atoms with Crippen LogP contribution >= 0.6 is 0 Å². The molecule has 1 aliphatic heterocycles. The molecule has 34 heavy (non-hydrogen) atoms. The van der Waals surface area contributed by atoms with Crippen molar-refractivity contribution in [1.29, 1.82) is 0 Å². The van der Waals surface area contributed by atoms with E-state index in [1.54, 1.807) is 0 Å². The van der Waals surface area contributed by atoms with Gasteiger partial charge in [0.1, 0.15) is 18.1 Å². The lowest BCUT2D eigenvalue weighted by molar-refractivity contribution is -0.145. The minimum Gasteiger partial charge on any atom is -0.480 e. The number of unbranched alkanes of at least 4 members (excludes halogenated alkanes) is 1. The fourth-order valence-corrected chi connectivity index (χ4v) is 3.95. The maximum absolute atomic E-state index is 13.4. The number of nitrogens with one attached hydrogen (secondary N) is 2. The van der Waals surface area contributed by atoms with Crippen LogP contribution in [0.2, 0.25) is 0 Å². The molecule has 1 saturated heterocycles. The number of nitrogens with two attached hydrogens (primary N) is 2. The Morgan fingerprint density at radius 2 is 1.79 bits per heavy atom. The Bertz CT molecular complexity index is 836. The number of carbonyl (C=O) groups is 4. The average molecular weight is 478 g/mol. The summed E-state index contributed by atoms with van der Waals surface area (Å²) < 4.78 is 0. The second-order valence-electron chi connectivity index (χ2n) is 8.41. The molecule has 1 aliphatic rings. The Morgan fingerprint density at radius 1 is 1.09 bits per heavy atom. The van der Waals surface area contributed by atoms with E-state index in [0.717, 1.165) is 5.56 Å². The highest BCUT2D eigenvalue weighted by Crippen LogP contribution is 2.20. The van der Waals surface area contributed by atoms with E-state index in [0.29, 0.717) is 51.6 Å². The van der Waals surface area contributed by atoms with Gasteiger partial charge in [0.05, 0.1) is 12.6 Å². The van der Waals surface area contributed by atoms with Gasteiger partial charge in [-0.05, 0) is 50.6 Å². The number of hydrogen-bond acceptors (Lipinski definition) is 7. The molecule has 188 valence electrons. The van der Waals surface area contributed by atoms with Crippen molar-refractivity contribution in [3.63, 3.8) is 0 Å². The molecule has 0 aliphatic carbocycles. The van der Waals surface area contributed by atoms with E-state index in [4.69, 9.17) is 16.6 Å². The smallest absolute Gasteiger partial charge is 0.328 e. The average Bonchev–Trinajstić information content (AvgIpc) is 3.32. The summed E-state index contributed by atoms with van der Waals surface area (Å²) in [7, 11) is 0. The van der Waals surface area contributed by atoms with E-state index >= 15 is 0 Å². The molecule has 11 nitrogen and oxygen atoms in total. The maximum atomic E-state index is 13.4. The van der Waals surface area contributed by atoms with Gasteiger partial charge in [-0.3, -0.25) is 14.4 Å². The van der Waals surface area contributed by atoms with Crippen LogP contribution in [0.15, 0.2) is 30.3 Å². The molecule has 1 aromatic carbocycles. The Morgan fingerprint density at radius 3 is 2.41 bits per heavy atom. The van der Waals surface area contributed by atoms with Crippen molar-refractivity contribution in [1.82, 2.24) is 15.5 Å². The van der Waals surface area contributed by atoms with Crippen LogP contribution < -0.4 is 22.1 Å². The van der Waals surface area contributed by atoms with Crippen LogP contribution in [0.25, 0.3) is 0 Å². The number of aliphatic hydroxyl groups excluding tert-OH is 1. The lowest BCUT2D eigenvalue weighted by atomic mass is 10.0. The van der Waals surface area contributed by atoms with Crippen LogP contribution in [0.3, 0.4) is 0 Å². The van der Waals surface area contributed by atoms with Crippen molar-refractivity contribution in [3.05, 3.63) is 35.9 Å². The maximum Gasteiger partial charge on any atom is 0.328 e. The van der Waals surface area contributed by atoms with Gasteiger partial charge in [0.15, 0.2) is 0 Å². The molecular formula is C23H35N5O6. The van der Waals surface area contributed by atoms with E-state index in [1.165, 1.54) is 4.90 Å². The van der Waals surface area contributed by atoms with Gasteiger partial charge in [-0.1, -0.05) is 30.3 Å². The summed E-state index contributed by atoms with van der Waals surface area (Å²) in [5.41, 5.74) is 12.5. The molecule has 0 saturated carbocycles. The number of aliphatic hydroxyl groups is 1. The highest BCUT2D eigenvalue weighted by atomic mass is 16.4. The summed E-state index contributed by atoms with van der Waals surface area (Å²) in [6, 6.07) is 5.21. The van der Waals surface area contributed by atoms with E-state index in [2.05, 4.69) is 10.6 Å². The zero-order chi connectivity index (χ0) is 25.1. The summed E-state index contributed by atoms with van der Waals surface area (Å²) in [5.74, 6) is -2.92. The van der Waals surface area contributed by atoms with Crippen molar-refractivity contribution in [2.45, 2.75) is 62.7 Å². The van der Waals surface area contributed by atoms with Crippen molar-refractivity contribution in [3.8, 4) is 0 Å². The SMILES string of the molecule is NCCCCC(NC(=O)C(N)Cc1ccccc1)C(=O)N1CCCC1C(=O)NC(CO)C(=O)O. The van der Waals surface area contributed by atoms with E-state index < -0.39 is 54.5 Å². The molecule has 1 heterocycles. The fourth-order valence-electron chi connectivity index (χ4n) is 3.95. The number of rotatable bonds is 13. The quantitative estimate of drug-likeness (QED) is 0.189. The second-order valence-corrected chi connectivity index (χ2v) is 8.41. The minimum absolute atomic E-state index is 0.299. The molecule has 0 aromatic heterocycles. The van der Waals surface area contributed by atoms with Gasteiger partial charge in [0, 0.05) is 6.54 Å². The Kier molecular flexibility index (Phi) is 10.9. The molecule has 0 spiro atoms. The number of hydrogen-bond donors (Lipinski definition) is 6. The molecule has 0 radical (unpaired) electrons. The molecule has 4 unspecified atom stereocenters. The van der Waals surface area contributed by atoms with Gasteiger partial charge in [-0.2, -0.15) is 0 Å². The van der Waals surface area contributed by atoms with Crippen molar-refractivity contribution in [2.24, 2.45) is 11.5 Å². The molecule has 4 atom stereocenters. The number of nitrogens with zero attached hydrogens (tertiary/aromatic N) is 1. The lowest BCUT2D eigenvalue weighted by Crippen LogP contribution is -2.57. The summed E-state index contributed by atoms with van der Waals surface area (Å²) >= 11 is 0. The molecule has 8 N–H and O–H groups in total. The minimum atomic E-state index is -1.46. The van der Waals surface area contributed by atoms with Crippen molar-refractivity contribution >= 4 is 23.7 Å².